The highest BCUT2D eigenvalue weighted by atomic mass is 16.5. The highest BCUT2D eigenvalue weighted by Gasteiger charge is 2.08. The number of rotatable bonds is 9. The summed E-state index contributed by atoms with van der Waals surface area (Å²) in [5, 5.41) is 3.07. The number of hydrogen-bond acceptors (Lipinski definition) is 4. The molecule has 1 rings (SSSR count). The Balaban J connectivity index is 0. The Hall–Kier alpha value is -0.160. The van der Waals surface area contributed by atoms with E-state index >= 15 is 0 Å². The highest BCUT2D eigenvalue weighted by molar-refractivity contribution is 4.60. The summed E-state index contributed by atoms with van der Waals surface area (Å²) in [6, 6.07) is 0. The van der Waals surface area contributed by atoms with Gasteiger partial charge in [0.25, 0.3) is 0 Å². The van der Waals surface area contributed by atoms with Crippen molar-refractivity contribution in [3.8, 4) is 0 Å². The number of nitrogens with zero attached hydrogens (tertiary/aromatic N) is 1. The number of ether oxygens (including phenoxy) is 2. The maximum absolute atomic E-state index is 5.56. The summed E-state index contributed by atoms with van der Waals surface area (Å²) in [6.45, 7) is 18.5. The quantitative estimate of drug-likeness (QED) is 0.661. The summed E-state index contributed by atoms with van der Waals surface area (Å²) >= 11 is 0. The van der Waals surface area contributed by atoms with Crippen LogP contribution < -0.4 is 5.32 Å². The predicted octanol–water partition coefficient (Wildman–Crippen LogP) is 3.41. The van der Waals surface area contributed by atoms with Gasteiger partial charge in [0, 0.05) is 26.2 Å². The Kier molecular flexibility index (Phi) is 22.8. The molecule has 0 aromatic rings. The molecule has 1 aliphatic rings. The molecule has 0 aliphatic carbocycles. The van der Waals surface area contributed by atoms with E-state index in [0.29, 0.717) is 0 Å². The van der Waals surface area contributed by atoms with Gasteiger partial charge < -0.3 is 14.8 Å². The van der Waals surface area contributed by atoms with Gasteiger partial charge in [-0.1, -0.05) is 47.5 Å². The number of hydrogen-bond donors (Lipinski definition) is 1. The predicted molar refractivity (Wildman–Crippen MR) is 97.7 cm³/mol. The zero-order valence-electron chi connectivity index (χ0n) is 16.1. The van der Waals surface area contributed by atoms with Crippen LogP contribution in [0.2, 0.25) is 0 Å². The third-order valence-electron chi connectivity index (χ3n) is 3.16. The van der Waals surface area contributed by atoms with Crippen LogP contribution in [0.15, 0.2) is 0 Å². The first-order chi connectivity index (χ1) is 10.7. The number of morpholine rings is 1. The smallest absolute Gasteiger partial charge is 0.0594 e. The van der Waals surface area contributed by atoms with Crippen LogP contribution >= 0.6 is 0 Å². The Morgan fingerprint density at radius 3 is 2.18 bits per heavy atom. The van der Waals surface area contributed by atoms with Crippen LogP contribution in [-0.4, -0.2) is 64.6 Å². The summed E-state index contributed by atoms with van der Waals surface area (Å²) in [7, 11) is 1.97. The molecule has 136 valence electrons. The van der Waals surface area contributed by atoms with Gasteiger partial charge in [-0.05, 0) is 25.9 Å². The molecule has 0 saturated carbocycles. The van der Waals surface area contributed by atoms with Gasteiger partial charge in [-0.3, -0.25) is 4.90 Å². The lowest BCUT2D eigenvalue weighted by atomic mass is 10.2. The average molecular weight is 319 g/mol. The molecule has 0 unspecified atom stereocenters. The van der Waals surface area contributed by atoms with Crippen molar-refractivity contribution < 1.29 is 9.47 Å². The van der Waals surface area contributed by atoms with Crippen LogP contribution in [0, 0.1) is 5.92 Å². The maximum atomic E-state index is 5.56. The average Bonchev–Trinajstić information content (AvgIpc) is 2.54. The first-order valence-electron chi connectivity index (χ1n) is 9.23. The van der Waals surface area contributed by atoms with E-state index < -0.39 is 0 Å². The van der Waals surface area contributed by atoms with Crippen molar-refractivity contribution in [1.29, 1.82) is 0 Å². The molecular weight excluding hydrogens is 276 g/mol. The van der Waals surface area contributed by atoms with E-state index in [-0.39, 0.29) is 0 Å². The summed E-state index contributed by atoms with van der Waals surface area (Å²) in [5.41, 5.74) is 0. The van der Waals surface area contributed by atoms with Crippen LogP contribution in [0.25, 0.3) is 0 Å². The van der Waals surface area contributed by atoms with Gasteiger partial charge in [0.05, 0.1) is 19.8 Å². The largest absolute Gasteiger partial charge is 0.380 e. The van der Waals surface area contributed by atoms with Crippen molar-refractivity contribution in [1.82, 2.24) is 10.2 Å². The first kappa shape index (κ1) is 24.1. The molecule has 1 N–H and O–H groups in total. The van der Waals surface area contributed by atoms with Crippen molar-refractivity contribution in [2.75, 3.05) is 59.7 Å². The van der Waals surface area contributed by atoms with Gasteiger partial charge in [0.15, 0.2) is 0 Å². The van der Waals surface area contributed by atoms with E-state index in [0.717, 1.165) is 58.5 Å². The fourth-order valence-corrected chi connectivity index (χ4v) is 1.98. The van der Waals surface area contributed by atoms with Gasteiger partial charge in [-0.25, -0.2) is 0 Å². The lowest BCUT2D eigenvalue weighted by Gasteiger charge is -2.26. The van der Waals surface area contributed by atoms with Gasteiger partial charge in [0.1, 0.15) is 0 Å². The molecule has 0 radical (unpaired) electrons. The van der Waals surface area contributed by atoms with Crippen LogP contribution in [0.4, 0.5) is 0 Å². The molecular formula is C18H42N2O2. The lowest BCUT2D eigenvalue weighted by molar-refractivity contribution is 0.0200. The molecule has 0 spiro atoms. The Morgan fingerprint density at radius 1 is 1.09 bits per heavy atom. The highest BCUT2D eigenvalue weighted by Crippen LogP contribution is 1.97. The second kappa shape index (κ2) is 20.8. The molecule has 0 atom stereocenters. The van der Waals surface area contributed by atoms with E-state index in [1.54, 1.807) is 0 Å². The minimum atomic E-state index is 0.787. The summed E-state index contributed by atoms with van der Waals surface area (Å²) in [4.78, 5) is 2.41. The standard InChI is InChI=1S/C11H23NO2.C5H13N.C2H6/c1-2-3-4-8-13-9-5-12-6-10-14-11-7-12;1-5(2)4-6-3;1-2/h2-11H2,1H3;5-6H,4H2,1-3H3;1-2H3. The molecule has 0 aromatic heterocycles. The molecule has 22 heavy (non-hydrogen) atoms. The molecule has 4 nitrogen and oxygen atoms in total. The Bertz CT molecular complexity index is 184. The van der Waals surface area contributed by atoms with E-state index in [4.69, 9.17) is 9.47 Å². The monoisotopic (exact) mass is 318 g/mol. The second-order valence-corrected chi connectivity index (χ2v) is 5.73. The molecule has 1 fully saturated rings. The van der Waals surface area contributed by atoms with Crippen molar-refractivity contribution in [2.45, 2.75) is 53.9 Å². The maximum Gasteiger partial charge on any atom is 0.0594 e. The molecule has 4 heteroatoms. The van der Waals surface area contributed by atoms with Gasteiger partial charge in [0.2, 0.25) is 0 Å². The zero-order chi connectivity index (χ0) is 17.1. The van der Waals surface area contributed by atoms with Crippen molar-refractivity contribution in [3.63, 3.8) is 0 Å². The summed E-state index contributed by atoms with van der Waals surface area (Å²) in [5.74, 6) is 0.787. The SMILES string of the molecule is CC.CCCCCOCCN1CCOCC1.CNCC(C)C. The van der Waals surface area contributed by atoms with Crippen molar-refractivity contribution in [2.24, 2.45) is 5.92 Å². The van der Waals surface area contributed by atoms with Crippen LogP contribution in [0.1, 0.15) is 53.9 Å². The molecule has 0 aromatic carbocycles. The fourth-order valence-electron chi connectivity index (χ4n) is 1.98. The Labute approximate surface area is 139 Å². The summed E-state index contributed by atoms with van der Waals surface area (Å²) < 4.78 is 10.8. The van der Waals surface area contributed by atoms with E-state index in [1.165, 1.54) is 19.3 Å². The number of nitrogens with one attached hydrogen (secondary N) is 1. The topological polar surface area (TPSA) is 33.7 Å². The third-order valence-corrected chi connectivity index (χ3v) is 3.16. The molecule has 1 heterocycles. The van der Waals surface area contributed by atoms with Gasteiger partial charge >= 0.3 is 0 Å². The van der Waals surface area contributed by atoms with E-state index in [2.05, 4.69) is 31.0 Å². The molecule has 1 aliphatic heterocycles. The third kappa shape index (κ3) is 19.8. The van der Waals surface area contributed by atoms with Crippen LogP contribution in [0.5, 0.6) is 0 Å². The van der Waals surface area contributed by atoms with E-state index in [9.17, 15) is 0 Å². The van der Waals surface area contributed by atoms with Crippen LogP contribution in [-0.2, 0) is 9.47 Å². The van der Waals surface area contributed by atoms with E-state index in [1.807, 2.05) is 20.9 Å². The van der Waals surface area contributed by atoms with Crippen molar-refractivity contribution in [3.05, 3.63) is 0 Å². The minimum Gasteiger partial charge on any atom is -0.380 e. The Morgan fingerprint density at radius 2 is 1.73 bits per heavy atom. The second-order valence-electron chi connectivity index (χ2n) is 5.73. The number of unbranched alkanes of at least 4 members (excludes halogenated alkanes) is 2. The zero-order valence-corrected chi connectivity index (χ0v) is 16.1. The molecule has 1 saturated heterocycles. The van der Waals surface area contributed by atoms with Gasteiger partial charge in [-0.2, -0.15) is 0 Å². The minimum absolute atomic E-state index is 0.787. The van der Waals surface area contributed by atoms with Crippen molar-refractivity contribution >= 4 is 0 Å². The summed E-state index contributed by atoms with van der Waals surface area (Å²) in [6.07, 6.45) is 3.77. The van der Waals surface area contributed by atoms with Crippen LogP contribution in [0.3, 0.4) is 0 Å². The fraction of sp³-hybridized carbons (Fsp3) is 1.00. The molecule has 0 bridgehead atoms. The lowest BCUT2D eigenvalue weighted by Crippen LogP contribution is -2.38. The first-order valence-corrected chi connectivity index (χ1v) is 9.23. The molecule has 0 amide bonds. The normalized spacial score (nSPS) is 14.9. The van der Waals surface area contributed by atoms with Gasteiger partial charge in [-0.15, -0.1) is 0 Å².